The molecule has 3 heterocycles. The zero-order valence-electron chi connectivity index (χ0n) is 19.1. The number of likely N-dealkylation sites (tertiary alicyclic amines) is 1. The number of aliphatic hydroxyl groups is 1. The summed E-state index contributed by atoms with van der Waals surface area (Å²) in [6.45, 7) is 8.25. The summed E-state index contributed by atoms with van der Waals surface area (Å²) in [5.41, 5.74) is 1.38. The summed E-state index contributed by atoms with van der Waals surface area (Å²) < 4.78 is 6.67. The monoisotopic (exact) mass is 444 g/mol. The summed E-state index contributed by atoms with van der Waals surface area (Å²) in [4.78, 5) is 28.1. The van der Waals surface area contributed by atoms with Gasteiger partial charge in [-0.2, -0.15) is 0 Å². The third-order valence-corrected chi connectivity index (χ3v) is 6.25. The average molecular weight is 445 g/mol. The number of aryl methyl sites for hydroxylation is 1. The van der Waals surface area contributed by atoms with Crippen LogP contribution in [-0.2, 0) is 16.0 Å². The van der Waals surface area contributed by atoms with Crippen LogP contribution in [0.2, 0.25) is 0 Å². The molecule has 2 amide bonds. The minimum Gasteiger partial charge on any atom is -0.391 e. The van der Waals surface area contributed by atoms with Gasteiger partial charge in [0.2, 0.25) is 11.8 Å². The molecule has 3 atom stereocenters. The van der Waals surface area contributed by atoms with E-state index in [2.05, 4.69) is 20.8 Å². The van der Waals surface area contributed by atoms with E-state index in [1.807, 2.05) is 33.9 Å². The van der Waals surface area contributed by atoms with E-state index in [-0.39, 0.29) is 24.8 Å². The molecule has 0 spiro atoms. The summed E-state index contributed by atoms with van der Waals surface area (Å²) in [6.07, 6.45) is 5.74. The molecule has 1 aliphatic carbocycles. The highest BCUT2D eigenvalue weighted by Crippen LogP contribution is 2.40. The molecule has 1 aliphatic heterocycles. The first-order valence-electron chi connectivity index (χ1n) is 11.2. The van der Waals surface area contributed by atoms with E-state index in [1.165, 1.54) is 4.90 Å². The fourth-order valence-electron chi connectivity index (χ4n) is 4.32. The van der Waals surface area contributed by atoms with Crippen LogP contribution in [0, 0.1) is 12.3 Å². The predicted octanol–water partition coefficient (Wildman–Crippen LogP) is 1.36. The van der Waals surface area contributed by atoms with Crippen LogP contribution in [0.5, 0.6) is 0 Å². The molecule has 32 heavy (non-hydrogen) atoms. The molecule has 10 heteroatoms. The van der Waals surface area contributed by atoms with Crippen LogP contribution in [0.3, 0.4) is 0 Å². The van der Waals surface area contributed by atoms with Gasteiger partial charge in [0.15, 0.2) is 0 Å². The molecule has 0 bridgehead atoms. The molecule has 1 saturated heterocycles. The Kier molecular flexibility index (Phi) is 6.07. The maximum absolute atomic E-state index is 13.7. The number of hydrogen-bond acceptors (Lipinski definition) is 7. The maximum atomic E-state index is 13.7. The second kappa shape index (κ2) is 8.65. The molecule has 0 radical (unpaired) electrons. The lowest BCUT2D eigenvalue weighted by molar-refractivity contribution is -0.144. The van der Waals surface area contributed by atoms with E-state index in [1.54, 1.807) is 10.9 Å². The van der Waals surface area contributed by atoms with E-state index in [4.69, 9.17) is 4.52 Å². The van der Waals surface area contributed by atoms with Crippen LogP contribution >= 0.6 is 0 Å². The Hall–Kier alpha value is -2.75. The molecule has 2 aromatic rings. The molecule has 2 fully saturated rings. The number of nitrogens with zero attached hydrogens (tertiary/aromatic N) is 5. The smallest absolute Gasteiger partial charge is 0.248 e. The molecular formula is C22H32N6O4. The normalized spacial score (nSPS) is 22.2. The van der Waals surface area contributed by atoms with E-state index in [9.17, 15) is 14.7 Å². The number of hydrogen-bond donors (Lipinski definition) is 2. The molecule has 2 unspecified atom stereocenters. The van der Waals surface area contributed by atoms with Crippen LogP contribution in [0.25, 0.3) is 0 Å². The largest absolute Gasteiger partial charge is 0.391 e. The lowest BCUT2D eigenvalue weighted by Crippen LogP contribution is -2.50. The SMILES string of the molecule is Cc1oncc1CCNC(=O)C1CC(O)CN1C(=O)[C@@H](n1cc(C2CC2)nn1)C(C)(C)C. The summed E-state index contributed by atoms with van der Waals surface area (Å²) in [5.74, 6) is 0.657. The number of carbonyl (C=O) groups is 2. The Labute approximate surface area is 187 Å². The molecule has 1 saturated carbocycles. The minimum atomic E-state index is -0.742. The van der Waals surface area contributed by atoms with Crippen molar-refractivity contribution in [3.8, 4) is 0 Å². The van der Waals surface area contributed by atoms with Gasteiger partial charge in [-0.05, 0) is 31.6 Å². The Bertz CT molecular complexity index is 973. The molecule has 2 aromatic heterocycles. The van der Waals surface area contributed by atoms with Gasteiger partial charge in [-0.25, -0.2) is 4.68 Å². The highest BCUT2D eigenvalue weighted by Gasteiger charge is 2.45. The van der Waals surface area contributed by atoms with Crippen LogP contribution in [0.1, 0.15) is 69.0 Å². The highest BCUT2D eigenvalue weighted by molar-refractivity contribution is 5.90. The van der Waals surface area contributed by atoms with Gasteiger partial charge in [-0.15, -0.1) is 5.10 Å². The van der Waals surface area contributed by atoms with Crippen molar-refractivity contribution in [1.29, 1.82) is 0 Å². The van der Waals surface area contributed by atoms with Crippen molar-refractivity contribution < 1.29 is 19.2 Å². The summed E-state index contributed by atoms with van der Waals surface area (Å²) in [6, 6.07) is -1.35. The first-order chi connectivity index (χ1) is 15.1. The third kappa shape index (κ3) is 4.69. The van der Waals surface area contributed by atoms with Crippen LogP contribution in [0.4, 0.5) is 0 Å². The van der Waals surface area contributed by atoms with Gasteiger partial charge in [0, 0.05) is 37.2 Å². The molecule has 10 nitrogen and oxygen atoms in total. The zero-order chi connectivity index (χ0) is 23.0. The topological polar surface area (TPSA) is 126 Å². The van der Waals surface area contributed by atoms with Crippen LogP contribution in [0.15, 0.2) is 16.9 Å². The van der Waals surface area contributed by atoms with Gasteiger partial charge in [0.1, 0.15) is 17.8 Å². The van der Waals surface area contributed by atoms with E-state index in [0.29, 0.717) is 18.9 Å². The number of β-amino-alcohol motifs (C(OH)–C–C–N with tert-alkyl or cyclic N) is 1. The van der Waals surface area contributed by atoms with Crippen molar-refractivity contribution in [2.24, 2.45) is 5.41 Å². The van der Waals surface area contributed by atoms with Gasteiger partial charge >= 0.3 is 0 Å². The number of aliphatic hydroxyl groups excluding tert-OH is 1. The van der Waals surface area contributed by atoms with Crippen molar-refractivity contribution >= 4 is 11.8 Å². The fraction of sp³-hybridized carbons (Fsp3) is 0.682. The quantitative estimate of drug-likeness (QED) is 0.660. The van der Waals surface area contributed by atoms with Gasteiger partial charge < -0.3 is 19.8 Å². The summed E-state index contributed by atoms with van der Waals surface area (Å²) in [5, 5.41) is 25.4. The Morgan fingerprint density at radius 3 is 2.72 bits per heavy atom. The summed E-state index contributed by atoms with van der Waals surface area (Å²) >= 11 is 0. The van der Waals surface area contributed by atoms with Crippen LogP contribution in [-0.4, -0.2) is 67.2 Å². The number of carbonyl (C=O) groups excluding carboxylic acids is 2. The second-order valence-electron chi connectivity index (χ2n) is 10.0. The van der Waals surface area contributed by atoms with Gasteiger partial charge in [0.05, 0.1) is 18.0 Å². The third-order valence-electron chi connectivity index (χ3n) is 6.25. The Balaban J connectivity index is 1.47. The van der Waals surface area contributed by atoms with Crippen LogP contribution < -0.4 is 5.32 Å². The van der Waals surface area contributed by atoms with E-state index in [0.717, 1.165) is 29.9 Å². The number of nitrogens with one attached hydrogen (secondary N) is 1. The maximum Gasteiger partial charge on any atom is 0.248 e. The van der Waals surface area contributed by atoms with Crippen molar-refractivity contribution in [3.63, 3.8) is 0 Å². The standard InChI is InChI=1S/C22H32N6O4/c1-13-15(10-24-32-13)7-8-23-20(30)18-9-16(29)11-27(18)21(31)19(22(2,3)4)28-12-17(25-26-28)14-5-6-14/h10,12,14,16,18-19,29H,5-9,11H2,1-4H3,(H,23,30)/t16?,18?,19-/m1/s1. The van der Waals surface area contributed by atoms with Gasteiger partial charge in [0.25, 0.3) is 0 Å². The molecule has 4 rings (SSSR count). The fourth-order valence-corrected chi connectivity index (χ4v) is 4.32. The van der Waals surface area contributed by atoms with Crippen molar-refractivity contribution in [2.45, 2.75) is 77.5 Å². The van der Waals surface area contributed by atoms with Crippen molar-refractivity contribution in [2.75, 3.05) is 13.1 Å². The lowest BCUT2D eigenvalue weighted by Gasteiger charge is -2.34. The number of aromatic nitrogens is 4. The van der Waals surface area contributed by atoms with E-state index < -0.39 is 23.6 Å². The molecule has 2 aliphatic rings. The number of rotatable bonds is 7. The molecular weight excluding hydrogens is 412 g/mol. The Morgan fingerprint density at radius 1 is 1.34 bits per heavy atom. The average Bonchev–Trinajstić information content (AvgIpc) is 3.11. The van der Waals surface area contributed by atoms with Gasteiger partial charge in [-0.3, -0.25) is 9.59 Å². The van der Waals surface area contributed by atoms with Crippen molar-refractivity contribution in [1.82, 2.24) is 30.4 Å². The van der Waals surface area contributed by atoms with E-state index >= 15 is 0 Å². The van der Waals surface area contributed by atoms with Gasteiger partial charge in [-0.1, -0.05) is 31.1 Å². The number of amides is 2. The molecule has 2 N–H and O–H groups in total. The first-order valence-corrected chi connectivity index (χ1v) is 11.2. The van der Waals surface area contributed by atoms with Crippen molar-refractivity contribution in [3.05, 3.63) is 29.4 Å². The lowest BCUT2D eigenvalue weighted by atomic mass is 9.85. The Morgan fingerprint density at radius 2 is 2.09 bits per heavy atom. The molecule has 0 aromatic carbocycles. The predicted molar refractivity (Wildman–Crippen MR) is 115 cm³/mol. The zero-order valence-corrected chi connectivity index (χ0v) is 19.1. The summed E-state index contributed by atoms with van der Waals surface area (Å²) in [7, 11) is 0. The highest BCUT2D eigenvalue weighted by atomic mass is 16.5. The first kappa shape index (κ1) is 22.4. The minimum absolute atomic E-state index is 0.123. The molecule has 174 valence electrons. The second-order valence-corrected chi connectivity index (χ2v) is 10.0.